The third-order valence-electron chi connectivity index (χ3n) is 6.28. The van der Waals surface area contributed by atoms with Gasteiger partial charge in [0, 0.05) is 18.4 Å². The lowest BCUT2D eigenvalue weighted by atomic mass is 9.90. The molecule has 0 unspecified atom stereocenters. The Balaban J connectivity index is 1.76. The average molecular weight is 441 g/mol. The molecule has 0 radical (unpaired) electrons. The van der Waals surface area contributed by atoms with Crippen LogP contribution in [-0.2, 0) is 16.1 Å². The van der Waals surface area contributed by atoms with E-state index in [1.165, 1.54) is 11.5 Å². The molecule has 4 aromatic rings. The van der Waals surface area contributed by atoms with Gasteiger partial charge in [-0.3, -0.25) is 9.20 Å². The molecule has 5 rings (SSSR count). The van der Waals surface area contributed by atoms with Gasteiger partial charge >= 0.3 is 5.97 Å². The number of esters is 1. The Kier molecular flexibility index (Phi) is 5.09. The standard InChI is InChI=1S/C26H24N4O3/c1-26(25(32)33-2)22(27-19-13-7-4-8-14-19)21-23(30(26)17-18-11-5-3-6-12-18)28-20-15-9-10-16-29(20)24(21)31/h3-16,22,27H,17H2,1-2H3/t22-,26+/m0/s1. The Labute approximate surface area is 191 Å². The number of nitrogens with zero attached hydrogens (tertiary/aromatic N) is 3. The summed E-state index contributed by atoms with van der Waals surface area (Å²) in [4.78, 5) is 33.8. The Hall–Kier alpha value is -4.13. The maximum absolute atomic E-state index is 13.7. The number of para-hydroxylation sites is 1. The number of carbonyl (C=O) groups is 1. The molecule has 166 valence electrons. The largest absolute Gasteiger partial charge is 0.467 e. The highest BCUT2D eigenvalue weighted by Gasteiger charge is 2.57. The minimum absolute atomic E-state index is 0.213. The summed E-state index contributed by atoms with van der Waals surface area (Å²) in [6.45, 7) is 2.20. The molecule has 0 saturated carbocycles. The van der Waals surface area contributed by atoms with Crippen LogP contribution in [0.2, 0.25) is 0 Å². The van der Waals surface area contributed by atoms with Gasteiger partial charge in [0.1, 0.15) is 11.5 Å². The Morgan fingerprint density at radius 2 is 1.70 bits per heavy atom. The summed E-state index contributed by atoms with van der Waals surface area (Å²) >= 11 is 0. The second-order valence-electron chi connectivity index (χ2n) is 8.24. The maximum atomic E-state index is 13.7. The minimum atomic E-state index is -1.22. The molecular formula is C26H24N4O3. The lowest BCUT2D eigenvalue weighted by molar-refractivity contribution is -0.147. The lowest BCUT2D eigenvalue weighted by Crippen LogP contribution is -2.55. The van der Waals surface area contributed by atoms with Crippen LogP contribution < -0.4 is 15.8 Å². The molecule has 0 spiro atoms. The molecule has 1 aliphatic heterocycles. The van der Waals surface area contributed by atoms with Gasteiger partial charge in [0.15, 0.2) is 5.54 Å². The van der Waals surface area contributed by atoms with E-state index in [1.807, 2.05) is 71.6 Å². The van der Waals surface area contributed by atoms with Gasteiger partial charge in [0.25, 0.3) is 5.56 Å². The highest BCUT2D eigenvalue weighted by molar-refractivity contribution is 5.90. The monoisotopic (exact) mass is 440 g/mol. The predicted octanol–water partition coefficient (Wildman–Crippen LogP) is 3.80. The zero-order chi connectivity index (χ0) is 23.0. The van der Waals surface area contributed by atoms with Gasteiger partial charge in [0.2, 0.25) is 0 Å². The lowest BCUT2D eigenvalue weighted by Gasteiger charge is -2.38. The molecule has 2 atom stereocenters. The molecule has 1 aliphatic rings. The van der Waals surface area contributed by atoms with Crippen LogP contribution in [0.5, 0.6) is 0 Å². The quantitative estimate of drug-likeness (QED) is 0.476. The zero-order valence-electron chi connectivity index (χ0n) is 18.4. The topological polar surface area (TPSA) is 75.9 Å². The van der Waals surface area contributed by atoms with Gasteiger partial charge in [-0.15, -0.1) is 0 Å². The molecule has 0 fully saturated rings. The SMILES string of the molecule is COC(=O)[C@@]1(C)[C@@H](Nc2ccccc2)c2c(nc3ccccn3c2=O)N1Cc1ccccc1. The van der Waals surface area contributed by atoms with Gasteiger partial charge in [-0.1, -0.05) is 54.6 Å². The van der Waals surface area contributed by atoms with Crippen molar-refractivity contribution in [1.82, 2.24) is 9.38 Å². The van der Waals surface area contributed by atoms with E-state index < -0.39 is 17.6 Å². The van der Waals surface area contributed by atoms with Crippen LogP contribution in [-0.4, -0.2) is 28.0 Å². The van der Waals surface area contributed by atoms with E-state index in [1.54, 1.807) is 25.3 Å². The van der Waals surface area contributed by atoms with Crippen LogP contribution in [0.25, 0.3) is 5.65 Å². The molecule has 2 aromatic heterocycles. The van der Waals surface area contributed by atoms with Crippen molar-refractivity contribution in [1.29, 1.82) is 0 Å². The van der Waals surface area contributed by atoms with Gasteiger partial charge in [-0.2, -0.15) is 0 Å². The van der Waals surface area contributed by atoms with Gasteiger partial charge < -0.3 is 15.0 Å². The van der Waals surface area contributed by atoms with Gasteiger partial charge in [-0.25, -0.2) is 9.78 Å². The molecule has 1 N–H and O–H groups in total. The number of rotatable bonds is 5. The molecule has 7 heteroatoms. The molecular weight excluding hydrogens is 416 g/mol. The van der Waals surface area contributed by atoms with Crippen LogP contribution >= 0.6 is 0 Å². The third kappa shape index (κ3) is 3.33. The first kappa shape index (κ1) is 20.8. The summed E-state index contributed by atoms with van der Waals surface area (Å²) < 4.78 is 6.80. The molecule has 0 amide bonds. The molecule has 0 bridgehead atoms. The number of anilines is 2. The fourth-order valence-electron chi connectivity index (χ4n) is 4.56. The molecule has 0 saturated heterocycles. The van der Waals surface area contributed by atoms with Crippen molar-refractivity contribution in [3.63, 3.8) is 0 Å². The smallest absolute Gasteiger partial charge is 0.334 e. The first-order valence-corrected chi connectivity index (χ1v) is 10.8. The number of ether oxygens (including phenoxy) is 1. The van der Waals surface area contributed by atoms with Crippen molar-refractivity contribution >= 4 is 23.1 Å². The molecule has 33 heavy (non-hydrogen) atoms. The van der Waals surface area contributed by atoms with E-state index in [-0.39, 0.29) is 5.56 Å². The molecule has 2 aromatic carbocycles. The van der Waals surface area contributed by atoms with Crippen molar-refractivity contribution in [3.05, 3.63) is 107 Å². The van der Waals surface area contributed by atoms with E-state index in [2.05, 4.69) is 5.32 Å². The first-order valence-electron chi connectivity index (χ1n) is 10.8. The van der Waals surface area contributed by atoms with E-state index >= 15 is 0 Å². The zero-order valence-corrected chi connectivity index (χ0v) is 18.4. The van der Waals surface area contributed by atoms with E-state index in [0.717, 1.165) is 11.3 Å². The number of carbonyl (C=O) groups excluding carboxylic acids is 1. The fourth-order valence-corrected chi connectivity index (χ4v) is 4.56. The summed E-state index contributed by atoms with van der Waals surface area (Å²) in [6, 6.07) is 24.1. The van der Waals surface area contributed by atoms with Gasteiger partial charge in [0.05, 0.1) is 18.7 Å². The second kappa shape index (κ2) is 8.09. The molecule has 7 nitrogen and oxygen atoms in total. The third-order valence-corrected chi connectivity index (χ3v) is 6.28. The predicted molar refractivity (Wildman–Crippen MR) is 127 cm³/mol. The summed E-state index contributed by atoms with van der Waals surface area (Å²) in [5, 5.41) is 3.43. The number of fused-ring (bicyclic) bond motifs is 2. The first-order chi connectivity index (χ1) is 16.0. The van der Waals surface area contributed by atoms with E-state index in [9.17, 15) is 9.59 Å². The highest BCUT2D eigenvalue weighted by Crippen LogP contribution is 2.47. The number of pyridine rings is 1. The number of methoxy groups -OCH3 is 1. The Bertz CT molecular complexity index is 1370. The number of hydrogen-bond acceptors (Lipinski definition) is 6. The van der Waals surface area contributed by atoms with Crippen molar-refractivity contribution in [2.75, 3.05) is 17.3 Å². The molecule has 3 heterocycles. The maximum Gasteiger partial charge on any atom is 0.334 e. The van der Waals surface area contributed by atoms with Crippen LogP contribution in [0.3, 0.4) is 0 Å². The van der Waals surface area contributed by atoms with Crippen LogP contribution in [0.15, 0.2) is 89.9 Å². The van der Waals surface area contributed by atoms with Crippen molar-refractivity contribution in [2.24, 2.45) is 0 Å². The summed E-state index contributed by atoms with van der Waals surface area (Å²) in [7, 11) is 1.37. The number of hydrogen-bond donors (Lipinski definition) is 1. The summed E-state index contributed by atoms with van der Waals surface area (Å²) in [6.07, 6.45) is 1.69. The number of aromatic nitrogens is 2. The van der Waals surface area contributed by atoms with Crippen LogP contribution in [0, 0.1) is 0 Å². The van der Waals surface area contributed by atoms with E-state index in [0.29, 0.717) is 23.6 Å². The number of benzene rings is 2. The minimum Gasteiger partial charge on any atom is -0.467 e. The van der Waals surface area contributed by atoms with E-state index in [4.69, 9.17) is 9.72 Å². The van der Waals surface area contributed by atoms with Crippen molar-refractivity contribution < 1.29 is 9.53 Å². The van der Waals surface area contributed by atoms with Crippen LogP contribution in [0.4, 0.5) is 11.5 Å². The molecule has 0 aliphatic carbocycles. The Morgan fingerprint density at radius 1 is 1.03 bits per heavy atom. The average Bonchev–Trinajstić information content (AvgIpc) is 3.08. The summed E-state index contributed by atoms with van der Waals surface area (Å²) in [5.41, 5.74) is 1.32. The second-order valence-corrected chi connectivity index (χ2v) is 8.24. The van der Waals surface area contributed by atoms with Gasteiger partial charge in [-0.05, 0) is 36.8 Å². The normalized spacial score (nSPS) is 19.3. The fraction of sp³-hybridized carbons (Fsp3) is 0.192. The summed E-state index contributed by atoms with van der Waals surface area (Å²) in [5.74, 6) is 0.0368. The van der Waals surface area contributed by atoms with Crippen molar-refractivity contribution in [2.45, 2.75) is 25.0 Å². The van der Waals surface area contributed by atoms with Crippen molar-refractivity contribution in [3.8, 4) is 0 Å². The number of nitrogens with one attached hydrogen (secondary N) is 1. The van der Waals surface area contributed by atoms with Crippen LogP contribution in [0.1, 0.15) is 24.1 Å². The highest BCUT2D eigenvalue weighted by atomic mass is 16.5. The Morgan fingerprint density at radius 3 is 2.39 bits per heavy atom.